The van der Waals surface area contributed by atoms with Crippen LogP contribution in [0, 0.1) is 0 Å². The van der Waals surface area contributed by atoms with E-state index in [1.165, 1.54) is 154 Å². The predicted molar refractivity (Wildman–Crippen MR) is 248 cm³/mol. The summed E-state index contributed by atoms with van der Waals surface area (Å²) in [7, 11) is 5.53. The molecule has 59 heavy (non-hydrogen) atoms. The van der Waals surface area contributed by atoms with Gasteiger partial charge in [-0.1, -0.05) is 173 Å². The summed E-state index contributed by atoms with van der Waals surface area (Å²) in [4.78, 5) is 37.0. The average Bonchev–Trinajstić information content (AvgIpc) is 3.19. The van der Waals surface area contributed by atoms with Gasteiger partial charge in [-0.15, -0.1) is 0 Å². The number of aliphatic carboxylic acids is 1. The van der Waals surface area contributed by atoms with Crippen molar-refractivity contribution in [3.05, 3.63) is 24.3 Å². The largest absolute Gasteiger partial charge is 0.477 e. The Morgan fingerprint density at radius 3 is 1.25 bits per heavy atom. The molecular weight excluding hydrogens is 739 g/mol. The van der Waals surface area contributed by atoms with Gasteiger partial charge in [0.25, 0.3) is 0 Å². The lowest BCUT2D eigenvalue weighted by Gasteiger charge is -2.31. The van der Waals surface area contributed by atoms with Crippen molar-refractivity contribution in [2.45, 2.75) is 244 Å². The number of ether oxygens (including phenoxy) is 3. The first-order chi connectivity index (χ1) is 28.6. The van der Waals surface area contributed by atoms with Gasteiger partial charge in [-0.2, -0.15) is 0 Å². The topological polar surface area (TPSA) is 99.1 Å². The van der Waals surface area contributed by atoms with Crippen LogP contribution in [0.2, 0.25) is 0 Å². The van der Waals surface area contributed by atoms with Crippen molar-refractivity contribution in [2.24, 2.45) is 0 Å². The molecule has 0 fully saturated rings. The molecule has 8 nitrogen and oxygen atoms in total. The Hall–Kier alpha value is -2.19. The molecule has 0 saturated heterocycles. The van der Waals surface area contributed by atoms with Gasteiger partial charge in [0, 0.05) is 19.3 Å². The number of hydrogen-bond acceptors (Lipinski definition) is 6. The van der Waals surface area contributed by atoms with Crippen LogP contribution < -0.4 is 0 Å². The van der Waals surface area contributed by atoms with Gasteiger partial charge in [-0.05, 0) is 64.2 Å². The second-order valence-corrected chi connectivity index (χ2v) is 18.1. The normalized spacial score (nSPS) is 13.0. The van der Waals surface area contributed by atoms with E-state index in [2.05, 4.69) is 38.2 Å². The highest BCUT2D eigenvalue weighted by molar-refractivity contribution is 5.72. The molecule has 0 aromatic carbocycles. The van der Waals surface area contributed by atoms with Gasteiger partial charge in [0.2, 0.25) is 0 Å². The number of likely N-dealkylation sites (N-methyl/N-ethyl adjacent to an activating group) is 1. The fourth-order valence-corrected chi connectivity index (χ4v) is 7.43. The molecule has 0 bridgehead atoms. The van der Waals surface area contributed by atoms with Gasteiger partial charge < -0.3 is 23.8 Å². The minimum Gasteiger partial charge on any atom is -0.477 e. The van der Waals surface area contributed by atoms with E-state index >= 15 is 0 Å². The number of rotatable bonds is 45. The molecule has 0 aliphatic rings. The summed E-state index contributed by atoms with van der Waals surface area (Å²) in [5, 5.41) is 9.63. The highest BCUT2D eigenvalue weighted by Crippen LogP contribution is 2.15. The van der Waals surface area contributed by atoms with Crippen LogP contribution in [0.1, 0.15) is 232 Å². The number of esters is 2. The first-order valence-electron chi connectivity index (χ1n) is 24.9. The standard InChI is InChI=1S/C51H95NO7/c1-6-8-10-12-14-16-18-20-21-22-23-24-25-26-27-28-29-30-32-34-36-38-40-42-50(54)59-47(45-57-44-43-48(51(55)56)52(3,4)5)46-58-49(53)41-39-37-35-33-31-19-17-15-13-11-9-7-2/h15,17,22-23,47-48H,6-14,16,18-21,24-46H2,1-5H3/p+1/b17-15-,23-22-. The van der Waals surface area contributed by atoms with E-state index in [1.54, 1.807) is 0 Å². The molecule has 8 heteroatoms. The van der Waals surface area contributed by atoms with Crippen molar-refractivity contribution in [1.82, 2.24) is 0 Å². The van der Waals surface area contributed by atoms with Crippen molar-refractivity contribution >= 4 is 17.9 Å². The van der Waals surface area contributed by atoms with Crippen LogP contribution in [0.4, 0.5) is 0 Å². The van der Waals surface area contributed by atoms with Gasteiger partial charge in [0.1, 0.15) is 6.61 Å². The first kappa shape index (κ1) is 56.8. The summed E-state index contributed by atoms with van der Waals surface area (Å²) >= 11 is 0. The van der Waals surface area contributed by atoms with Crippen molar-refractivity contribution < 1.29 is 38.2 Å². The fourth-order valence-electron chi connectivity index (χ4n) is 7.43. The summed E-state index contributed by atoms with van der Waals surface area (Å²) in [5.74, 6) is -1.47. The van der Waals surface area contributed by atoms with Gasteiger partial charge in [0.05, 0.1) is 34.4 Å². The number of carboxylic acid groups (broad SMARTS) is 1. The average molecular weight is 835 g/mol. The monoisotopic (exact) mass is 835 g/mol. The van der Waals surface area contributed by atoms with Gasteiger partial charge in [-0.25, -0.2) is 4.79 Å². The van der Waals surface area contributed by atoms with Crippen molar-refractivity contribution in [2.75, 3.05) is 41.0 Å². The van der Waals surface area contributed by atoms with Crippen LogP contribution >= 0.6 is 0 Å². The predicted octanol–water partition coefficient (Wildman–Crippen LogP) is 14.0. The van der Waals surface area contributed by atoms with Crippen molar-refractivity contribution in [3.63, 3.8) is 0 Å². The summed E-state index contributed by atoms with van der Waals surface area (Å²) in [6, 6.07) is -0.613. The molecule has 0 rings (SSSR count). The second kappa shape index (κ2) is 42.5. The van der Waals surface area contributed by atoms with Gasteiger partial charge in [-0.3, -0.25) is 9.59 Å². The number of allylic oxidation sites excluding steroid dienone is 4. The second-order valence-electron chi connectivity index (χ2n) is 18.1. The highest BCUT2D eigenvalue weighted by atomic mass is 16.6. The number of hydrogen-bond donors (Lipinski definition) is 1. The third-order valence-corrected chi connectivity index (χ3v) is 11.3. The summed E-state index contributed by atoms with van der Waals surface area (Å²) in [6.45, 7) is 4.73. The Kier molecular flexibility index (Phi) is 40.9. The molecular formula is C51H96NO7+. The third kappa shape index (κ3) is 41.0. The lowest BCUT2D eigenvalue weighted by atomic mass is 10.0. The Balaban J connectivity index is 4.18. The maximum absolute atomic E-state index is 12.8. The fraction of sp³-hybridized carbons (Fsp3) is 0.863. The number of carboxylic acids is 1. The Labute approximate surface area is 364 Å². The minimum absolute atomic E-state index is 0.0523. The molecule has 0 spiro atoms. The molecule has 2 atom stereocenters. The molecule has 346 valence electrons. The zero-order chi connectivity index (χ0) is 43.5. The number of unbranched alkanes of at least 4 members (excludes halogenated alkanes) is 27. The van der Waals surface area contributed by atoms with Crippen LogP contribution in [0.3, 0.4) is 0 Å². The van der Waals surface area contributed by atoms with Crippen LogP contribution in [0.15, 0.2) is 24.3 Å². The van der Waals surface area contributed by atoms with Crippen molar-refractivity contribution in [1.29, 1.82) is 0 Å². The third-order valence-electron chi connectivity index (χ3n) is 11.3. The zero-order valence-electron chi connectivity index (χ0n) is 39.5. The molecule has 0 amide bonds. The lowest BCUT2D eigenvalue weighted by molar-refractivity contribution is -0.887. The molecule has 0 aliphatic carbocycles. The first-order valence-corrected chi connectivity index (χ1v) is 24.9. The molecule has 0 aromatic heterocycles. The van der Waals surface area contributed by atoms with Crippen LogP contribution in [-0.2, 0) is 28.6 Å². The molecule has 0 saturated carbocycles. The van der Waals surface area contributed by atoms with Crippen LogP contribution in [0.25, 0.3) is 0 Å². The summed E-state index contributed by atoms with van der Waals surface area (Å²) < 4.78 is 17.3. The molecule has 0 aromatic rings. The van der Waals surface area contributed by atoms with Crippen molar-refractivity contribution in [3.8, 4) is 0 Å². The number of quaternary nitrogens is 1. The maximum Gasteiger partial charge on any atom is 0.362 e. The molecule has 0 aliphatic heterocycles. The molecule has 2 unspecified atom stereocenters. The van der Waals surface area contributed by atoms with E-state index < -0.39 is 18.1 Å². The lowest BCUT2D eigenvalue weighted by Crippen LogP contribution is -2.50. The highest BCUT2D eigenvalue weighted by Gasteiger charge is 2.31. The molecule has 1 N–H and O–H groups in total. The summed E-state index contributed by atoms with van der Waals surface area (Å²) in [6.07, 6.45) is 48.0. The van der Waals surface area contributed by atoms with Gasteiger partial charge in [0.15, 0.2) is 12.1 Å². The molecule has 0 radical (unpaired) electrons. The van der Waals surface area contributed by atoms with E-state index in [0.717, 1.165) is 44.9 Å². The van der Waals surface area contributed by atoms with Gasteiger partial charge >= 0.3 is 17.9 Å². The van der Waals surface area contributed by atoms with Crippen LogP contribution in [0.5, 0.6) is 0 Å². The number of carbonyl (C=O) groups is 3. The SMILES string of the molecule is CCCCC/C=C\CCCCCCCC(=O)OCC(COCCC(C(=O)O)[N+](C)(C)C)OC(=O)CCCCCCCCCCCCC/C=C\CCCCCCCCCC. The quantitative estimate of drug-likeness (QED) is 0.0282. The molecule has 0 heterocycles. The number of carbonyl (C=O) groups excluding carboxylic acids is 2. The minimum atomic E-state index is -0.874. The Morgan fingerprint density at radius 2 is 0.847 bits per heavy atom. The van der Waals surface area contributed by atoms with E-state index in [9.17, 15) is 19.5 Å². The zero-order valence-corrected chi connectivity index (χ0v) is 39.5. The van der Waals surface area contributed by atoms with E-state index in [4.69, 9.17) is 14.2 Å². The van der Waals surface area contributed by atoms with E-state index in [0.29, 0.717) is 19.3 Å². The number of nitrogens with zero attached hydrogens (tertiary/aromatic N) is 1. The smallest absolute Gasteiger partial charge is 0.362 e. The van der Waals surface area contributed by atoms with Crippen LogP contribution in [-0.4, -0.2) is 80.6 Å². The Bertz CT molecular complexity index is 1020. The van der Waals surface area contributed by atoms with E-state index in [-0.39, 0.29) is 36.2 Å². The summed E-state index contributed by atoms with van der Waals surface area (Å²) in [5.41, 5.74) is 0. The Morgan fingerprint density at radius 1 is 0.492 bits per heavy atom. The van der Waals surface area contributed by atoms with E-state index in [1.807, 2.05) is 21.1 Å². The maximum atomic E-state index is 12.8.